The number of ether oxygens (including phenoxy) is 1. The maximum atomic E-state index is 10.8. The molecule has 132 valence electrons. The summed E-state index contributed by atoms with van der Waals surface area (Å²) >= 11 is 6.11. The van der Waals surface area contributed by atoms with Crippen molar-refractivity contribution in [3.8, 4) is 5.75 Å². The Morgan fingerprint density at radius 3 is 2.48 bits per heavy atom. The molecule has 25 heavy (non-hydrogen) atoms. The molecule has 0 spiro atoms. The van der Waals surface area contributed by atoms with Crippen molar-refractivity contribution in [1.29, 1.82) is 0 Å². The predicted octanol–water partition coefficient (Wildman–Crippen LogP) is 2.16. The van der Waals surface area contributed by atoms with E-state index in [1.807, 2.05) is 30.3 Å². The topological polar surface area (TPSA) is 60.0 Å². The molecule has 6 nitrogen and oxygen atoms in total. The van der Waals surface area contributed by atoms with Crippen molar-refractivity contribution in [1.82, 2.24) is 0 Å². The average molecular weight is 363 g/mol. The highest BCUT2D eigenvalue weighted by Gasteiger charge is 2.22. The number of benzene rings is 2. The number of nitro groups is 1. The van der Waals surface area contributed by atoms with Gasteiger partial charge in [0.25, 0.3) is 5.69 Å². The zero-order chi connectivity index (χ0) is 17.8. The smallest absolute Gasteiger partial charge is 0.269 e. The molecule has 2 aromatic carbocycles. The lowest BCUT2D eigenvalue weighted by Crippen LogP contribution is -3.13. The molecule has 0 unspecified atom stereocenters. The van der Waals surface area contributed by atoms with Gasteiger partial charge in [-0.15, -0.1) is 0 Å². The summed E-state index contributed by atoms with van der Waals surface area (Å²) in [6.45, 7) is 4.68. The summed E-state index contributed by atoms with van der Waals surface area (Å²) in [5.41, 5.74) is 2.28. The molecule has 2 aromatic rings. The van der Waals surface area contributed by atoms with Crippen molar-refractivity contribution < 1.29 is 14.6 Å². The van der Waals surface area contributed by atoms with Crippen molar-refractivity contribution in [3.63, 3.8) is 0 Å². The fourth-order valence-electron chi connectivity index (χ4n) is 3.20. The Hall–Kier alpha value is -2.31. The van der Waals surface area contributed by atoms with Gasteiger partial charge in [-0.3, -0.25) is 10.1 Å². The monoisotopic (exact) mass is 362 g/mol. The van der Waals surface area contributed by atoms with Gasteiger partial charge in [0, 0.05) is 28.4 Å². The number of non-ortho nitro benzene ring substituents is 1. The molecule has 1 fully saturated rings. The number of quaternary nitrogens is 1. The highest BCUT2D eigenvalue weighted by molar-refractivity contribution is 6.30. The van der Waals surface area contributed by atoms with Crippen molar-refractivity contribution in [2.75, 3.05) is 38.2 Å². The molecule has 1 saturated heterocycles. The van der Waals surface area contributed by atoms with E-state index in [1.54, 1.807) is 19.2 Å². The maximum absolute atomic E-state index is 10.8. The highest BCUT2D eigenvalue weighted by Crippen LogP contribution is 2.22. The van der Waals surface area contributed by atoms with E-state index < -0.39 is 0 Å². The molecule has 7 heteroatoms. The lowest BCUT2D eigenvalue weighted by atomic mass is 10.1. The summed E-state index contributed by atoms with van der Waals surface area (Å²) in [5.74, 6) is 0.870. The van der Waals surface area contributed by atoms with Crippen LogP contribution in [-0.2, 0) is 6.54 Å². The van der Waals surface area contributed by atoms with Gasteiger partial charge >= 0.3 is 0 Å². The number of nitrogens with one attached hydrogen (secondary N) is 1. The fraction of sp³-hybridized carbons (Fsp3) is 0.333. The van der Waals surface area contributed by atoms with E-state index in [9.17, 15) is 10.1 Å². The number of nitrogens with zero attached hydrogens (tertiary/aromatic N) is 2. The molecule has 0 amide bonds. The van der Waals surface area contributed by atoms with Gasteiger partial charge < -0.3 is 14.5 Å². The van der Waals surface area contributed by atoms with E-state index in [0.717, 1.165) is 54.7 Å². The van der Waals surface area contributed by atoms with E-state index in [1.165, 1.54) is 4.90 Å². The SMILES string of the molecule is COc1ccc(Cl)cc1C[NH+]1CCN(c2ccc([N+](=O)[O-])cc2)CC1. The minimum Gasteiger partial charge on any atom is -0.496 e. The third-order valence-electron chi connectivity index (χ3n) is 4.58. The van der Waals surface area contributed by atoms with Crippen molar-refractivity contribution >= 4 is 23.0 Å². The molecule has 1 heterocycles. The second-order valence-corrected chi connectivity index (χ2v) is 6.58. The molecule has 3 rings (SSSR count). The number of piperazine rings is 1. The highest BCUT2D eigenvalue weighted by atomic mass is 35.5. The lowest BCUT2D eigenvalue weighted by Gasteiger charge is -2.33. The Balaban J connectivity index is 1.60. The summed E-state index contributed by atoms with van der Waals surface area (Å²) in [6, 6.07) is 12.5. The summed E-state index contributed by atoms with van der Waals surface area (Å²) in [5, 5.41) is 11.5. The van der Waals surface area contributed by atoms with E-state index in [0.29, 0.717) is 0 Å². The van der Waals surface area contributed by atoms with Crippen LogP contribution >= 0.6 is 11.6 Å². The van der Waals surface area contributed by atoms with Gasteiger partial charge in [-0.25, -0.2) is 0 Å². The Kier molecular flexibility index (Phi) is 5.40. The number of halogens is 1. The van der Waals surface area contributed by atoms with Crippen molar-refractivity contribution in [2.45, 2.75) is 6.54 Å². The van der Waals surface area contributed by atoms with Crippen LogP contribution in [0.5, 0.6) is 5.75 Å². The van der Waals surface area contributed by atoms with E-state index in [2.05, 4.69) is 4.90 Å². The van der Waals surface area contributed by atoms with Crippen molar-refractivity contribution in [2.24, 2.45) is 0 Å². The first-order valence-corrected chi connectivity index (χ1v) is 8.60. The second-order valence-electron chi connectivity index (χ2n) is 6.14. The standard InChI is InChI=1S/C18H20ClN3O3/c1-25-18-7-2-15(19)12-14(18)13-20-8-10-21(11-9-20)16-3-5-17(6-4-16)22(23)24/h2-7,12H,8-11,13H2,1H3/p+1. The zero-order valence-electron chi connectivity index (χ0n) is 14.1. The minimum atomic E-state index is -0.371. The summed E-state index contributed by atoms with van der Waals surface area (Å²) in [4.78, 5) is 14.1. The summed E-state index contributed by atoms with van der Waals surface area (Å²) in [6.07, 6.45) is 0. The van der Waals surface area contributed by atoms with Crippen LogP contribution in [0.3, 0.4) is 0 Å². The first kappa shape index (κ1) is 17.5. The molecule has 0 aromatic heterocycles. The molecule has 0 aliphatic carbocycles. The molecule has 0 saturated carbocycles. The third kappa shape index (κ3) is 4.21. The largest absolute Gasteiger partial charge is 0.496 e. The number of anilines is 1. The molecule has 1 aliphatic rings. The van der Waals surface area contributed by atoms with Gasteiger partial charge in [0.1, 0.15) is 12.3 Å². The maximum Gasteiger partial charge on any atom is 0.269 e. The van der Waals surface area contributed by atoms with Gasteiger partial charge in [-0.05, 0) is 30.3 Å². The summed E-state index contributed by atoms with van der Waals surface area (Å²) < 4.78 is 5.43. The molecular weight excluding hydrogens is 342 g/mol. The van der Waals surface area contributed by atoms with Crippen molar-refractivity contribution in [3.05, 3.63) is 63.2 Å². The molecule has 1 aliphatic heterocycles. The quantitative estimate of drug-likeness (QED) is 0.654. The summed E-state index contributed by atoms with van der Waals surface area (Å²) in [7, 11) is 1.68. The molecule has 0 bridgehead atoms. The second kappa shape index (κ2) is 7.72. The average Bonchev–Trinajstić information content (AvgIpc) is 2.63. The number of hydrogen-bond donors (Lipinski definition) is 1. The van der Waals surface area contributed by atoms with E-state index in [-0.39, 0.29) is 10.6 Å². The number of hydrogen-bond acceptors (Lipinski definition) is 4. The van der Waals surface area contributed by atoms with Crippen LogP contribution in [0, 0.1) is 10.1 Å². The normalized spacial score (nSPS) is 15.2. The van der Waals surface area contributed by atoms with Crippen LogP contribution < -0.4 is 14.5 Å². The van der Waals surface area contributed by atoms with Gasteiger partial charge in [0.2, 0.25) is 0 Å². The Labute approximate surface area is 151 Å². The zero-order valence-corrected chi connectivity index (χ0v) is 14.8. The Morgan fingerprint density at radius 1 is 1.20 bits per heavy atom. The Bertz CT molecular complexity index is 744. The van der Waals surface area contributed by atoms with Crippen LogP contribution in [0.4, 0.5) is 11.4 Å². The third-order valence-corrected chi connectivity index (χ3v) is 4.81. The molecule has 0 radical (unpaired) electrons. The fourth-order valence-corrected chi connectivity index (χ4v) is 3.39. The molecule has 0 atom stereocenters. The van der Waals surface area contributed by atoms with Gasteiger partial charge in [-0.1, -0.05) is 11.6 Å². The lowest BCUT2D eigenvalue weighted by molar-refractivity contribution is -0.914. The van der Waals surface area contributed by atoms with Crippen LogP contribution in [0.25, 0.3) is 0 Å². The van der Waals surface area contributed by atoms with E-state index in [4.69, 9.17) is 16.3 Å². The van der Waals surface area contributed by atoms with E-state index >= 15 is 0 Å². The first-order chi connectivity index (χ1) is 12.1. The Morgan fingerprint density at radius 2 is 1.88 bits per heavy atom. The van der Waals surface area contributed by atoms with Crippen LogP contribution in [0.1, 0.15) is 5.56 Å². The van der Waals surface area contributed by atoms with Crippen LogP contribution in [0.2, 0.25) is 5.02 Å². The molecule has 1 N–H and O–H groups in total. The minimum absolute atomic E-state index is 0.126. The van der Waals surface area contributed by atoms with Crippen LogP contribution in [-0.4, -0.2) is 38.2 Å². The number of rotatable bonds is 5. The number of nitro benzene ring substituents is 1. The number of methoxy groups -OCH3 is 1. The molecular formula is C18H21ClN3O3+. The van der Waals surface area contributed by atoms with Crippen LogP contribution in [0.15, 0.2) is 42.5 Å². The van der Waals surface area contributed by atoms with Gasteiger partial charge in [0.05, 0.1) is 38.2 Å². The van der Waals surface area contributed by atoms with Gasteiger partial charge in [0.15, 0.2) is 0 Å². The predicted molar refractivity (Wildman–Crippen MR) is 97.7 cm³/mol. The first-order valence-electron chi connectivity index (χ1n) is 8.22. The van der Waals surface area contributed by atoms with Gasteiger partial charge in [-0.2, -0.15) is 0 Å².